The summed E-state index contributed by atoms with van der Waals surface area (Å²) >= 11 is 6.19. The first-order chi connectivity index (χ1) is 14.5. The van der Waals surface area contributed by atoms with Gasteiger partial charge in [-0.05, 0) is 37.1 Å². The molecule has 0 atom stereocenters. The van der Waals surface area contributed by atoms with E-state index in [1.807, 2.05) is 0 Å². The molecule has 0 saturated heterocycles. The Labute approximate surface area is 178 Å². The van der Waals surface area contributed by atoms with Crippen LogP contribution in [-0.2, 0) is 13.0 Å². The van der Waals surface area contributed by atoms with Crippen LogP contribution in [0.3, 0.4) is 0 Å². The summed E-state index contributed by atoms with van der Waals surface area (Å²) in [7, 11) is 3.00. The molecule has 1 N–H and O–H groups in total. The number of amides is 1. The lowest BCUT2D eigenvalue weighted by Crippen LogP contribution is -2.24. The Morgan fingerprint density at radius 1 is 1.10 bits per heavy atom. The van der Waals surface area contributed by atoms with Crippen LogP contribution in [0.15, 0.2) is 35.1 Å². The summed E-state index contributed by atoms with van der Waals surface area (Å²) < 4.78 is 12.3. The fourth-order valence-corrected chi connectivity index (χ4v) is 3.95. The summed E-state index contributed by atoms with van der Waals surface area (Å²) in [5, 5.41) is 3.67. The number of methoxy groups -OCH3 is 2. The monoisotopic (exact) mass is 427 g/mol. The third-order valence-corrected chi connectivity index (χ3v) is 5.60. The number of nitrogens with one attached hydrogen (secondary N) is 1. The van der Waals surface area contributed by atoms with Crippen LogP contribution in [-0.4, -0.2) is 29.7 Å². The average molecular weight is 428 g/mol. The van der Waals surface area contributed by atoms with Crippen molar-refractivity contribution < 1.29 is 14.3 Å². The molecule has 0 spiro atoms. The number of aromatic nitrogens is 2. The van der Waals surface area contributed by atoms with Gasteiger partial charge in [0.1, 0.15) is 17.3 Å². The van der Waals surface area contributed by atoms with Gasteiger partial charge in [-0.1, -0.05) is 18.0 Å². The Balaban J connectivity index is 1.69. The molecule has 0 aliphatic carbocycles. The van der Waals surface area contributed by atoms with Crippen LogP contribution in [0.25, 0.3) is 10.9 Å². The molecule has 8 heteroatoms. The zero-order valence-electron chi connectivity index (χ0n) is 16.8. The number of benzene rings is 2. The number of hydrogen-bond acceptors (Lipinski definition) is 5. The van der Waals surface area contributed by atoms with Gasteiger partial charge in [-0.2, -0.15) is 0 Å². The van der Waals surface area contributed by atoms with Gasteiger partial charge in [0.15, 0.2) is 0 Å². The lowest BCUT2D eigenvalue weighted by Gasteiger charge is -2.14. The summed E-state index contributed by atoms with van der Waals surface area (Å²) in [5.41, 5.74) is 1.29. The van der Waals surface area contributed by atoms with E-state index in [-0.39, 0.29) is 11.5 Å². The van der Waals surface area contributed by atoms with E-state index >= 15 is 0 Å². The number of ether oxygens (including phenoxy) is 2. The number of anilines is 1. The quantitative estimate of drug-likeness (QED) is 0.679. The molecule has 30 heavy (non-hydrogen) atoms. The highest BCUT2D eigenvalue weighted by atomic mass is 35.5. The van der Waals surface area contributed by atoms with Crippen LogP contribution in [0.4, 0.5) is 5.69 Å². The van der Waals surface area contributed by atoms with Crippen molar-refractivity contribution in [1.82, 2.24) is 9.55 Å². The first kappa shape index (κ1) is 20.2. The van der Waals surface area contributed by atoms with E-state index in [0.717, 1.165) is 31.5 Å². The molecule has 1 aromatic heterocycles. The van der Waals surface area contributed by atoms with E-state index in [4.69, 9.17) is 21.1 Å². The van der Waals surface area contributed by atoms with Gasteiger partial charge < -0.3 is 14.8 Å². The van der Waals surface area contributed by atoms with Crippen LogP contribution in [0.1, 0.15) is 35.4 Å². The van der Waals surface area contributed by atoms with Crippen molar-refractivity contribution in [2.45, 2.75) is 32.2 Å². The fraction of sp³-hybridized carbons (Fsp3) is 0.318. The number of hydrogen-bond donors (Lipinski definition) is 1. The highest BCUT2D eigenvalue weighted by Crippen LogP contribution is 2.36. The maximum Gasteiger partial charge on any atom is 0.261 e. The van der Waals surface area contributed by atoms with Crippen molar-refractivity contribution in [3.05, 3.63) is 57.1 Å². The summed E-state index contributed by atoms with van der Waals surface area (Å²) in [4.78, 5) is 30.4. The SMILES string of the molecule is COc1cc(OC)c(NC(=O)c2ccc3c(=O)n4c(nc3c2)CCCCC4)cc1Cl. The summed E-state index contributed by atoms with van der Waals surface area (Å²) in [5.74, 6) is 1.30. The van der Waals surface area contributed by atoms with Gasteiger partial charge in [0.2, 0.25) is 0 Å². The minimum Gasteiger partial charge on any atom is -0.495 e. The first-order valence-electron chi connectivity index (χ1n) is 9.78. The highest BCUT2D eigenvalue weighted by molar-refractivity contribution is 6.32. The van der Waals surface area contributed by atoms with E-state index < -0.39 is 0 Å². The lowest BCUT2D eigenvalue weighted by atomic mass is 10.1. The summed E-state index contributed by atoms with van der Waals surface area (Å²) in [6.07, 6.45) is 3.84. The van der Waals surface area contributed by atoms with Crippen LogP contribution >= 0.6 is 11.6 Å². The number of halogens is 1. The van der Waals surface area contributed by atoms with Gasteiger partial charge in [-0.25, -0.2) is 4.98 Å². The molecule has 2 aromatic carbocycles. The van der Waals surface area contributed by atoms with E-state index in [9.17, 15) is 9.59 Å². The average Bonchev–Trinajstić information content (AvgIpc) is 2.99. The van der Waals surface area contributed by atoms with Crippen LogP contribution in [0, 0.1) is 0 Å². The number of fused-ring (bicyclic) bond motifs is 2. The number of rotatable bonds is 4. The molecule has 4 rings (SSSR count). The van der Waals surface area contributed by atoms with Crippen molar-refractivity contribution in [2.24, 2.45) is 0 Å². The molecule has 0 unspecified atom stereocenters. The van der Waals surface area contributed by atoms with Crippen molar-refractivity contribution in [3.63, 3.8) is 0 Å². The maximum absolute atomic E-state index is 12.9. The predicted molar refractivity (Wildman–Crippen MR) is 116 cm³/mol. The van der Waals surface area contributed by atoms with Gasteiger partial charge in [0.25, 0.3) is 11.5 Å². The molecule has 156 valence electrons. The van der Waals surface area contributed by atoms with Gasteiger partial charge in [-0.15, -0.1) is 0 Å². The second kappa shape index (κ2) is 8.36. The zero-order chi connectivity index (χ0) is 21.3. The van der Waals surface area contributed by atoms with Gasteiger partial charge in [-0.3, -0.25) is 14.2 Å². The molecule has 2 heterocycles. The molecule has 0 fully saturated rings. The number of aryl methyl sites for hydroxylation is 1. The van der Waals surface area contributed by atoms with Crippen LogP contribution in [0.2, 0.25) is 5.02 Å². The van der Waals surface area contributed by atoms with Gasteiger partial charge in [0.05, 0.1) is 35.8 Å². The molecular weight excluding hydrogens is 406 g/mol. The molecule has 0 saturated carbocycles. The maximum atomic E-state index is 12.9. The second-order valence-electron chi connectivity index (χ2n) is 7.17. The normalized spacial score (nSPS) is 13.4. The number of nitrogens with zero attached hydrogens (tertiary/aromatic N) is 2. The Morgan fingerprint density at radius 3 is 2.67 bits per heavy atom. The van der Waals surface area contributed by atoms with Crippen LogP contribution in [0.5, 0.6) is 11.5 Å². The minimum atomic E-state index is -0.353. The van der Waals surface area contributed by atoms with Gasteiger partial charge in [0, 0.05) is 24.6 Å². The second-order valence-corrected chi connectivity index (χ2v) is 7.58. The third kappa shape index (κ3) is 3.73. The molecule has 1 amide bonds. The topological polar surface area (TPSA) is 82.5 Å². The summed E-state index contributed by atoms with van der Waals surface area (Å²) in [6, 6.07) is 8.12. The Morgan fingerprint density at radius 2 is 1.90 bits per heavy atom. The third-order valence-electron chi connectivity index (χ3n) is 5.30. The van der Waals surface area contributed by atoms with Crippen molar-refractivity contribution >= 4 is 34.1 Å². The number of carbonyl (C=O) groups excluding carboxylic acids is 1. The molecule has 7 nitrogen and oxygen atoms in total. The van der Waals surface area contributed by atoms with E-state index in [1.54, 1.807) is 34.9 Å². The van der Waals surface area contributed by atoms with Crippen molar-refractivity contribution in [2.75, 3.05) is 19.5 Å². The Kier molecular flexibility index (Phi) is 5.63. The lowest BCUT2D eigenvalue weighted by molar-refractivity contribution is 0.102. The van der Waals surface area contributed by atoms with E-state index in [1.165, 1.54) is 14.2 Å². The fourth-order valence-electron chi connectivity index (χ4n) is 3.71. The van der Waals surface area contributed by atoms with Crippen LogP contribution < -0.4 is 20.3 Å². The summed E-state index contributed by atoms with van der Waals surface area (Å²) in [6.45, 7) is 0.692. The number of carbonyl (C=O) groups is 1. The molecule has 3 aromatic rings. The van der Waals surface area contributed by atoms with Crippen molar-refractivity contribution in [3.8, 4) is 11.5 Å². The Hall–Kier alpha value is -3.06. The standard InChI is InChI=1S/C22H22ClN3O4/c1-29-18-12-19(30-2)17(11-15(18)23)25-21(27)13-7-8-14-16(10-13)24-20-6-4-3-5-9-26(20)22(14)28/h7-8,10-12H,3-6,9H2,1-2H3,(H,25,27). The zero-order valence-corrected chi connectivity index (χ0v) is 17.6. The highest BCUT2D eigenvalue weighted by Gasteiger charge is 2.17. The van der Waals surface area contributed by atoms with E-state index in [0.29, 0.717) is 45.2 Å². The molecule has 0 radical (unpaired) electrons. The van der Waals surface area contributed by atoms with Crippen molar-refractivity contribution in [1.29, 1.82) is 0 Å². The first-order valence-corrected chi connectivity index (χ1v) is 10.2. The molecule has 0 bridgehead atoms. The Bertz CT molecular complexity index is 1190. The molecule has 1 aliphatic heterocycles. The van der Waals surface area contributed by atoms with Gasteiger partial charge >= 0.3 is 0 Å². The predicted octanol–water partition coefficient (Wildman–Crippen LogP) is 4.05. The molecule has 1 aliphatic rings. The van der Waals surface area contributed by atoms with E-state index in [2.05, 4.69) is 10.3 Å². The largest absolute Gasteiger partial charge is 0.495 e. The molecular formula is C22H22ClN3O4. The smallest absolute Gasteiger partial charge is 0.261 e. The minimum absolute atomic E-state index is 0.0486.